The van der Waals surface area contributed by atoms with E-state index < -0.39 is 5.97 Å². The van der Waals surface area contributed by atoms with Crippen LogP contribution < -0.4 is 10.1 Å². The normalized spacial score (nSPS) is 9.94. The fraction of sp³-hybridized carbons (Fsp3) is 0.500. The molecule has 0 saturated heterocycles. The Hall–Kier alpha value is -1.89. The molecule has 0 aliphatic carbocycles. The average molecular weight is 241 g/mol. The van der Waals surface area contributed by atoms with E-state index in [1.807, 2.05) is 6.92 Å². The van der Waals surface area contributed by atoms with E-state index in [0.29, 0.717) is 25.0 Å². The lowest BCUT2D eigenvalue weighted by Crippen LogP contribution is -2.15. The largest absolute Gasteiger partial charge is 0.480 e. The molecular weight excluding hydrogens is 226 g/mol. The molecule has 94 valence electrons. The standard InChI is InChI=1S/C10H15N3O4/c1-2-17-8-3-4-11-10(13-8)12-5-6-16-7-9(14)15/h3-4H,2,5-7H2,1H3,(H,14,15)(H,11,12,13). The van der Waals surface area contributed by atoms with E-state index in [1.54, 1.807) is 12.3 Å². The minimum absolute atomic E-state index is 0.272. The van der Waals surface area contributed by atoms with Crippen LogP contribution in [0.2, 0.25) is 0 Å². The second-order valence-corrected chi connectivity index (χ2v) is 3.02. The monoisotopic (exact) mass is 241 g/mol. The second-order valence-electron chi connectivity index (χ2n) is 3.02. The summed E-state index contributed by atoms with van der Waals surface area (Å²) in [6.45, 7) is 2.81. The molecule has 0 aromatic carbocycles. The number of carbonyl (C=O) groups is 1. The Kier molecular flexibility index (Phi) is 5.73. The predicted molar refractivity (Wildman–Crippen MR) is 60.1 cm³/mol. The van der Waals surface area contributed by atoms with E-state index >= 15 is 0 Å². The van der Waals surface area contributed by atoms with Crippen LogP contribution in [0.15, 0.2) is 12.3 Å². The second kappa shape index (κ2) is 7.39. The molecule has 0 amide bonds. The molecule has 7 nitrogen and oxygen atoms in total. The summed E-state index contributed by atoms with van der Waals surface area (Å²) >= 11 is 0. The molecule has 1 heterocycles. The first-order chi connectivity index (χ1) is 8.22. The van der Waals surface area contributed by atoms with Gasteiger partial charge < -0.3 is 19.9 Å². The maximum Gasteiger partial charge on any atom is 0.329 e. The van der Waals surface area contributed by atoms with Crippen molar-refractivity contribution in [3.05, 3.63) is 12.3 Å². The molecule has 0 aliphatic heterocycles. The minimum Gasteiger partial charge on any atom is -0.480 e. The van der Waals surface area contributed by atoms with Crippen molar-refractivity contribution < 1.29 is 19.4 Å². The highest BCUT2D eigenvalue weighted by Gasteiger charge is 1.99. The van der Waals surface area contributed by atoms with Crippen molar-refractivity contribution in [3.63, 3.8) is 0 Å². The van der Waals surface area contributed by atoms with Gasteiger partial charge in [0.05, 0.1) is 13.2 Å². The number of carboxylic acid groups (broad SMARTS) is 1. The average Bonchev–Trinajstić information content (AvgIpc) is 2.29. The van der Waals surface area contributed by atoms with Crippen molar-refractivity contribution in [1.29, 1.82) is 0 Å². The number of aromatic nitrogens is 2. The number of nitrogens with zero attached hydrogens (tertiary/aromatic N) is 2. The number of anilines is 1. The zero-order valence-electron chi connectivity index (χ0n) is 9.55. The number of rotatable bonds is 8. The van der Waals surface area contributed by atoms with Gasteiger partial charge >= 0.3 is 5.97 Å². The fourth-order valence-electron chi connectivity index (χ4n) is 1.05. The number of hydrogen-bond acceptors (Lipinski definition) is 6. The van der Waals surface area contributed by atoms with Gasteiger partial charge in [-0.25, -0.2) is 9.78 Å². The maximum atomic E-state index is 10.2. The summed E-state index contributed by atoms with van der Waals surface area (Å²) < 4.78 is 10.1. The van der Waals surface area contributed by atoms with Gasteiger partial charge in [-0.3, -0.25) is 0 Å². The summed E-state index contributed by atoms with van der Waals surface area (Å²) in [4.78, 5) is 18.2. The van der Waals surface area contributed by atoms with Crippen LogP contribution in [0.1, 0.15) is 6.92 Å². The van der Waals surface area contributed by atoms with Crippen LogP contribution in [-0.4, -0.2) is 47.4 Å². The Labute approximate surface area is 98.8 Å². The molecule has 0 saturated carbocycles. The summed E-state index contributed by atoms with van der Waals surface area (Å²) in [5.74, 6) is -0.0640. The van der Waals surface area contributed by atoms with Crippen molar-refractivity contribution in [2.45, 2.75) is 6.92 Å². The number of hydrogen-bond donors (Lipinski definition) is 2. The minimum atomic E-state index is -0.986. The van der Waals surface area contributed by atoms with E-state index in [0.717, 1.165) is 0 Å². The highest BCUT2D eigenvalue weighted by atomic mass is 16.5. The maximum absolute atomic E-state index is 10.2. The molecule has 0 aliphatic rings. The van der Waals surface area contributed by atoms with Gasteiger partial charge in [0.2, 0.25) is 11.8 Å². The van der Waals surface area contributed by atoms with Crippen molar-refractivity contribution in [3.8, 4) is 5.88 Å². The predicted octanol–water partition coefficient (Wildman–Crippen LogP) is 0.388. The van der Waals surface area contributed by atoms with Crippen molar-refractivity contribution in [2.75, 3.05) is 31.7 Å². The van der Waals surface area contributed by atoms with Gasteiger partial charge in [-0.1, -0.05) is 0 Å². The highest BCUT2D eigenvalue weighted by Crippen LogP contribution is 2.07. The zero-order chi connectivity index (χ0) is 12.5. The van der Waals surface area contributed by atoms with E-state index in [2.05, 4.69) is 15.3 Å². The summed E-state index contributed by atoms with van der Waals surface area (Å²) in [7, 11) is 0. The smallest absolute Gasteiger partial charge is 0.329 e. The van der Waals surface area contributed by atoms with E-state index in [1.165, 1.54) is 0 Å². The molecular formula is C10H15N3O4. The Balaban J connectivity index is 2.26. The molecule has 1 rings (SSSR count). The van der Waals surface area contributed by atoms with Gasteiger partial charge in [0, 0.05) is 18.8 Å². The third-order valence-corrected chi connectivity index (χ3v) is 1.68. The number of nitrogens with one attached hydrogen (secondary N) is 1. The Bertz CT molecular complexity index is 359. The van der Waals surface area contributed by atoms with Crippen LogP contribution in [0, 0.1) is 0 Å². The van der Waals surface area contributed by atoms with Crippen LogP contribution in [0.4, 0.5) is 5.95 Å². The van der Waals surface area contributed by atoms with E-state index in [4.69, 9.17) is 14.6 Å². The fourth-order valence-corrected chi connectivity index (χ4v) is 1.05. The molecule has 7 heteroatoms. The van der Waals surface area contributed by atoms with E-state index in [-0.39, 0.29) is 13.2 Å². The van der Waals surface area contributed by atoms with Crippen LogP contribution in [0.25, 0.3) is 0 Å². The summed E-state index contributed by atoms with van der Waals surface area (Å²) in [5, 5.41) is 11.2. The molecule has 0 unspecified atom stereocenters. The summed E-state index contributed by atoms with van der Waals surface area (Å²) in [6.07, 6.45) is 1.58. The van der Waals surface area contributed by atoms with Gasteiger partial charge in [0.1, 0.15) is 6.61 Å². The van der Waals surface area contributed by atoms with Crippen LogP contribution in [0.3, 0.4) is 0 Å². The molecule has 0 radical (unpaired) electrons. The molecule has 1 aromatic rings. The molecule has 17 heavy (non-hydrogen) atoms. The first-order valence-corrected chi connectivity index (χ1v) is 5.21. The van der Waals surface area contributed by atoms with Crippen molar-refractivity contribution in [1.82, 2.24) is 9.97 Å². The molecule has 0 spiro atoms. The van der Waals surface area contributed by atoms with Gasteiger partial charge in [-0.2, -0.15) is 4.98 Å². The molecule has 1 aromatic heterocycles. The summed E-state index contributed by atoms with van der Waals surface area (Å²) in [6, 6.07) is 1.66. The highest BCUT2D eigenvalue weighted by molar-refractivity contribution is 5.67. The SMILES string of the molecule is CCOc1ccnc(NCCOCC(=O)O)n1. The molecule has 0 fully saturated rings. The lowest BCUT2D eigenvalue weighted by molar-refractivity contribution is -0.142. The number of carboxylic acids is 1. The van der Waals surface area contributed by atoms with Gasteiger partial charge in [0.25, 0.3) is 0 Å². The molecule has 2 N–H and O–H groups in total. The van der Waals surface area contributed by atoms with Crippen LogP contribution in [-0.2, 0) is 9.53 Å². The Morgan fingerprint density at radius 1 is 1.59 bits per heavy atom. The Morgan fingerprint density at radius 2 is 2.41 bits per heavy atom. The van der Waals surface area contributed by atoms with Gasteiger partial charge in [-0.05, 0) is 6.92 Å². The quantitative estimate of drug-likeness (QED) is 0.636. The first kappa shape index (κ1) is 13.2. The molecule has 0 bridgehead atoms. The lowest BCUT2D eigenvalue weighted by Gasteiger charge is -2.06. The van der Waals surface area contributed by atoms with Crippen LogP contribution >= 0.6 is 0 Å². The van der Waals surface area contributed by atoms with Gasteiger partial charge in [-0.15, -0.1) is 0 Å². The zero-order valence-corrected chi connectivity index (χ0v) is 9.55. The Morgan fingerprint density at radius 3 is 3.12 bits per heavy atom. The topological polar surface area (TPSA) is 93.6 Å². The number of aliphatic carboxylic acids is 1. The summed E-state index contributed by atoms with van der Waals surface area (Å²) in [5.41, 5.74) is 0. The lowest BCUT2D eigenvalue weighted by atomic mass is 10.6. The van der Waals surface area contributed by atoms with Crippen LogP contribution in [0.5, 0.6) is 5.88 Å². The van der Waals surface area contributed by atoms with Crippen molar-refractivity contribution in [2.24, 2.45) is 0 Å². The first-order valence-electron chi connectivity index (χ1n) is 5.21. The molecule has 0 atom stereocenters. The third-order valence-electron chi connectivity index (χ3n) is 1.68. The number of ether oxygens (including phenoxy) is 2. The van der Waals surface area contributed by atoms with E-state index in [9.17, 15) is 4.79 Å². The van der Waals surface area contributed by atoms with Crippen molar-refractivity contribution >= 4 is 11.9 Å². The van der Waals surface area contributed by atoms with Gasteiger partial charge in [0.15, 0.2) is 0 Å². The third kappa shape index (κ3) is 5.67.